The van der Waals surface area contributed by atoms with Gasteiger partial charge in [-0.25, -0.2) is 18.7 Å². The Morgan fingerprint density at radius 3 is 2.79 bits per heavy atom. The molecule has 0 saturated heterocycles. The minimum absolute atomic E-state index is 0.217. The van der Waals surface area contributed by atoms with E-state index in [0.717, 1.165) is 29.6 Å². The van der Waals surface area contributed by atoms with Gasteiger partial charge in [-0.05, 0) is 49.9 Å². The number of nitrogens with zero attached hydrogens (tertiary/aromatic N) is 4. The highest BCUT2D eigenvalue weighted by Crippen LogP contribution is 2.41. The van der Waals surface area contributed by atoms with E-state index in [-0.39, 0.29) is 5.92 Å². The first kappa shape index (κ1) is 22.5. The van der Waals surface area contributed by atoms with Gasteiger partial charge in [-0.15, -0.1) is 0 Å². The third-order valence-corrected chi connectivity index (χ3v) is 5.86. The molecule has 2 N–H and O–H groups in total. The summed E-state index contributed by atoms with van der Waals surface area (Å²) in [5.74, 6) is 0.559. The summed E-state index contributed by atoms with van der Waals surface area (Å²) >= 11 is 0. The Bertz CT molecular complexity index is 1220. The third kappa shape index (κ3) is 4.72. The van der Waals surface area contributed by atoms with E-state index in [1.807, 2.05) is 18.9 Å². The molecule has 1 unspecified atom stereocenters. The van der Waals surface area contributed by atoms with E-state index in [9.17, 15) is 14.0 Å². The largest absolute Gasteiger partial charge is 0.492 e. The molecule has 1 heterocycles. The molecule has 0 bridgehead atoms. The second-order valence-corrected chi connectivity index (χ2v) is 8.21. The second kappa shape index (κ2) is 9.41. The lowest BCUT2D eigenvalue weighted by atomic mass is 9.96. The molecule has 1 aliphatic carbocycles. The number of ether oxygens (including phenoxy) is 1. The molecule has 0 radical (unpaired) electrons. The number of hydrogen-bond donors (Lipinski definition) is 1. The number of rotatable bonds is 7. The Kier molecular flexibility index (Phi) is 6.40. The third-order valence-electron chi connectivity index (χ3n) is 5.86. The smallest absolute Gasteiger partial charge is 0.139 e. The fourth-order valence-corrected chi connectivity index (χ4v) is 4.30. The average Bonchev–Trinajstić information content (AvgIpc) is 3.19. The van der Waals surface area contributed by atoms with Gasteiger partial charge in [-0.2, -0.15) is 5.26 Å². The lowest BCUT2D eigenvalue weighted by molar-refractivity contribution is 0.312. The van der Waals surface area contributed by atoms with E-state index in [1.165, 1.54) is 12.1 Å². The topological polar surface area (TPSA) is 88.1 Å². The van der Waals surface area contributed by atoms with Crippen molar-refractivity contribution in [3.8, 4) is 11.8 Å². The Morgan fingerprint density at radius 1 is 1.21 bits per heavy atom. The molecule has 3 aromatic rings. The van der Waals surface area contributed by atoms with Crippen molar-refractivity contribution in [3.63, 3.8) is 0 Å². The van der Waals surface area contributed by atoms with Crippen LogP contribution in [0.4, 0.5) is 20.3 Å². The molecule has 0 spiro atoms. The molecule has 33 heavy (non-hydrogen) atoms. The van der Waals surface area contributed by atoms with Gasteiger partial charge >= 0.3 is 0 Å². The number of anilines is 2. The van der Waals surface area contributed by atoms with Gasteiger partial charge in [0.05, 0.1) is 17.9 Å². The quantitative estimate of drug-likeness (QED) is 0.422. The van der Waals surface area contributed by atoms with Crippen LogP contribution < -0.4 is 15.4 Å². The van der Waals surface area contributed by atoms with Crippen molar-refractivity contribution in [3.05, 3.63) is 76.2 Å². The van der Waals surface area contributed by atoms with Crippen molar-refractivity contribution < 1.29 is 13.5 Å². The summed E-state index contributed by atoms with van der Waals surface area (Å²) in [6, 6.07) is 10.8. The normalized spacial score (nSPS) is 14.6. The molecule has 2 aromatic carbocycles. The Labute approximate surface area is 191 Å². The first-order chi connectivity index (χ1) is 15.9. The zero-order chi connectivity index (χ0) is 23.5. The minimum atomic E-state index is -0.587. The summed E-state index contributed by atoms with van der Waals surface area (Å²) < 4.78 is 33.6. The standard InChI is InChI=1S/C25H25F2N5O/c1-15-30-24-20(19-7-5-17(26)12-22(19)27)8-9-21(24)25(31-15)32(2)10-3-11-33-23-13-18(29)6-4-16(23)14-28/h4-7,12-13,20H,3,8-11,29H2,1-2H3. The Balaban J connectivity index is 1.47. The number of nitriles is 1. The number of fused-ring (bicyclic) bond motifs is 1. The zero-order valence-corrected chi connectivity index (χ0v) is 18.6. The highest BCUT2D eigenvalue weighted by molar-refractivity contribution is 5.54. The van der Waals surface area contributed by atoms with Crippen LogP contribution in [0.5, 0.6) is 5.75 Å². The number of nitrogens with two attached hydrogens (primary N) is 1. The fourth-order valence-electron chi connectivity index (χ4n) is 4.30. The maximum absolute atomic E-state index is 14.4. The lowest BCUT2D eigenvalue weighted by Gasteiger charge is -2.22. The fraction of sp³-hybridized carbons (Fsp3) is 0.320. The second-order valence-electron chi connectivity index (χ2n) is 8.21. The SMILES string of the molecule is Cc1nc2c(c(N(C)CCCOc3cc(N)ccc3C#N)n1)CCC2c1ccc(F)cc1F. The van der Waals surface area contributed by atoms with Crippen LogP contribution in [0.2, 0.25) is 0 Å². The van der Waals surface area contributed by atoms with Gasteiger partial charge < -0.3 is 15.4 Å². The molecule has 0 saturated carbocycles. The van der Waals surface area contributed by atoms with E-state index in [4.69, 9.17) is 10.5 Å². The van der Waals surface area contributed by atoms with Gasteiger partial charge in [0.25, 0.3) is 0 Å². The maximum Gasteiger partial charge on any atom is 0.139 e. The van der Waals surface area contributed by atoms with Gasteiger partial charge in [-0.1, -0.05) is 6.07 Å². The van der Waals surface area contributed by atoms with Crippen LogP contribution in [0, 0.1) is 29.9 Å². The Hall–Kier alpha value is -3.73. The highest BCUT2D eigenvalue weighted by Gasteiger charge is 2.31. The number of aryl methyl sites for hydroxylation is 1. The van der Waals surface area contributed by atoms with E-state index in [1.54, 1.807) is 18.2 Å². The minimum Gasteiger partial charge on any atom is -0.492 e. The summed E-state index contributed by atoms with van der Waals surface area (Å²) in [5, 5.41) is 9.22. The van der Waals surface area contributed by atoms with Crippen molar-refractivity contribution in [2.45, 2.75) is 32.1 Å². The maximum atomic E-state index is 14.4. The molecule has 1 atom stereocenters. The highest BCUT2D eigenvalue weighted by atomic mass is 19.1. The predicted octanol–water partition coefficient (Wildman–Crippen LogP) is 4.50. The zero-order valence-electron chi connectivity index (χ0n) is 18.6. The van der Waals surface area contributed by atoms with Crippen LogP contribution >= 0.6 is 0 Å². The van der Waals surface area contributed by atoms with Crippen LogP contribution in [-0.4, -0.2) is 30.2 Å². The van der Waals surface area contributed by atoms with E-state index in [0.29, 0.717) is 54.4 Å². The first-order valence-electron chi connectivity index (χ1n) is 10.8. The predicted molar refractivity (Wildman–Crippen MR) is 122 cm³/mol. The van der Waals surface area contributed by atoms with Crippen molar-refractivity contribution in [1.82, 2.24) is 9.97 Å². The molecule has 0 fully saturated rings. The lowest BCUT2D eigenvalue weighted by Crippen LogP contribution is -2.24. The monoisotopic (exact) mass is 449 g/mol. The van der Waals surface area contributed by atoms with Crippen molar-refractivity contribution in [1.29, 1.82) is 5.26 Å². The Morgan fingerprint density at radius 2 is 2.03 bits per heavy atom. The van der Waals surface area contributed by atoms with Gasteiger partial charge in [0.15, 0.2) is 0 Å². The molecular weight excluding hydrogens is 424 g/mol. The van der Waals surface area contributed by atoms with Crippen molar-refractivity contribution in [2.75, 3.05) is 30.8 Å². The number of nitrogen functional groups attached to an aromatic ring is 1. The average molecular weight is 450 g/mol. The summed E-state index contributed by atoms with van der Waals surface area (Å²) in [6.45, 7) is 2.90. The summed E-state index contributed by atoms with van der Waals surface area (Å²) in [5.41, 5.74) is 9.05. The van der Waals surface area contributed by atoms with E-state index in [2.05, 4.69) is 16.0 Å². The van der Waals surface area contributed by atoms with Gasteiger partial charge in [0.1, 0.15) is 35.1 Å². The van der Waals surface area contributed by atoms with Crippen LogP contribution in [0.15, 0.2) is 36.4 Å². The molecule has 170 valence electrons. The van der Waals surface area contributed by atoms with Gasteiger partial charge in [0, 0.05) is 42.9 Å². The van der Waals surface area contributed by atoms with E-state index < -0.39 is 11.6 Å². The molecule has 1 aliphatic rings. The molecular formula is C25H25F2N5O. The van der Waals surface area contributed by atoms with Crippen LogP contribution in [0.1, 0.15) is 47.0 Å². The van der Waals surface area contributed by atoms with Crippen LogP contribution in [-0.2, 0) is 6.42 Å². The molecule has 1 aromatic heterocycles. The van der Waals surface area contributed by atoms with Crippen LogP contribution in [0.25, 0.3) is 0 Å². The van der Waals surface area contributed by atoms with Gasteiger partial charge in [-0.3, -0.25) is 0 Å². The van der Waals surface area contributed by atoms with Gasteiger partial charge in [0.2, 0.25) is 0 Å². The molecule has 0 amide bonds. The van der Waals surface area contributed by atoms with Crippen molar-refractivity contribution >= 4 is 11.5 Å². The number of hydrogen-bond acceptors (Lipinski definition) is 6. The molecule has 6 nitrogen and oxygen atoms in total. The van der Waals surface area contributed by atoms with Crippen molar-refractivity contribution in [2.24, 2.45) is 0 Å². The summed E-state index contributed by atoms with van der Waals surface area (Å²) in [4.78, 5) is 11.3. The summed E-state index contributed by atoms with van der Waals surface area (Å²) in [6.07, 6.45) is 2.12. The number of aromatic nitrogens is 2. The molecule has 8 heteroatoms. The van der Waals surface area contributed by atoms with Crippen LogP contribution in [0.3, 0.4) is 0 Å². The van der Waals surface area contributed by atoms with E-state index >= 15 is 0 Å². The first-order valence-corrected chi connectivity index (χ1v) is 10.8. The summed E-state index contributed by atoms with van der Waals surface area (Å²) in [7, 11) is 1.95. The number of benzene rings is 2. The number of halogens is 2. The molecule has 0 aliphatic heterocycles. The molecule has 4 rings (SSSR count).